The van der Waals surface area contributed by atoms with Gasteiger partial charge in [-0.1, -0.05) is 29.8 Å². The molecule has 4 aromatic rings. The van der Waals surface area contributed by atoms with Gasteiger partial charge in [0.2, 0.25) is 0 Å². The molecule has 30 heavy (non-hydrogen) atoms. The second-order valence-electron chi connectivity index (χ2n) is 6.79. The highest BCUT2D eigenvalue weighted by Gasteiger charge is 2.19. The number of fused-ring (bicyclic) bond motifs is 1. The van der Waals surface area contributed by atoms with Gasteiger partial charge in [-0.05, 0) is 61.0 Å². The first-order valence-electron chi connectivity index (χ1n) is 9.28. The molecule has 1 amide bonds. The van der Waals surface area contributed by atoms with Crippen LogP contribution >= 0.6 is 11.6 Å². The third-order valence-corrected chi connectivity index (χ3v) is 5.19. The van der Waals surface area contributed by atoms with Gasteiger partial charge in [0.1, 0.15) is 11.6 Å². The number of para-hydroxylation sites is 1. The summed E-state index contributed by atoms with van der Waals surface area (Å²) in [6, 6.07) is 19.1. The highest BCUT2D eigenvalue weighted by Crippen LogP contribution is 2.31. The van der Waals surface area contributed by atoms with Crippen LogP contribution in [0, 0.1) is 12.7 Å². The van der Waals surface area contributed by atoms with Crippen molar-refractivity contribution < 1.29 is 13.9 Å². The maximum absolute atomic E-state index is 13.5. The Balaban J connectivity index is 1.83. The smallest absolute Gasteiger partial charge is 0.256 e. The summed E-state index contributed by atoms with van der Waals surface area (Å²) in [5.41, 5.74) is 3.95. The van der Waals surface area contributed by atoms with Crippen molar-refractivity contribution >= 4 is 34.1 Å². The number of anilines is 1. The number of benzene rings is 3. The number of methoxy groups -OCH3 is 1. The molecule has 0 spiro atoms. The van der Waals surface area contributed by atoms with E-state index < -0.39 is 5.82 Å². The zero-order valence-corrected chi connectivity index (χ0v) is 17.1. The first kappa shape index (κ1) is 19.9. The van der Waals surface area contributed by atoms with Crippen molar-refractivity contribution in [1.82, 2.24) is 4.98 Å². The molecular weight excluding hydrogens is 403 g/mol. The Morgan fingerprint density at radius 1 is 1.07 bits per heavy atom. The van der Waals surface area contributed by atoms with E-state index in [0.29, 0.717) is 22.5 Å². The van der Waals surface area contributed by atoms with Crippen molar-refractivity contribution in [2.45, 2.75) is 6.92 Å². The van der Waals surface area contributed by atoms with Gasteiger partial charge in [0.05, 0.1) is 28.9 Å². The Hall–Kier alpha value is -3.44. The number of aromatic nitrogens is 1. The van der Waals surface area contributed by atoms with Gasteiger partial charge < -0.3 is 10.1 Å². The largest absolute Gasteiger partial charge is 0.497 e. The first-order chi connectivity index (χ1) is 14.5. The Morgan fingerprint density at radius 2 is 1.80 bits per heavy atom. The van der Waals surface area contributed by atoms with E-state index in [2.05, 4.69) is 5.32 Å². The molecule has 0 aliphatic carbocycles. The predicted molar refractivity (Wildman–Crippen MR) is 118 cm³/mol. The predicted octanol–water partition coefficient (Wildman–Crippen LogP) is 6.26. The zero-order valence-electron chi connectivity index (χ0n) is 16.4. The number of pyridine rings is 1. The Morgan fingerprint density at radius 3 is 2.50 bits per heavy atom. The zero-order chi connectivity index (χ0) is 21.3. The molecule has 3 aromatic carbocycles. The molecule has 1 heterocycles. The molecule has 150 valence electrons. The van der Waals surface area contributed by atoms with Crippen LogP contribution in [0.3, 0.4) is 0 Å². The lowest BCUT2D eigenvalue weighted by molar-refractivity contribution is 0.102. The maximum atomic E-state index is 13.5. The van der Waals surface area contributed by atoms with Crippen LogP contribution < -0.4 is 10.1 Å². The van der Waals surface area contributed by atoms with E-state index in [1.54, 1.807) is 7.11 Å². The number of nitrogens with zero attached hydrogens (tertiary/aromatic N) is 1. The van der Waals surface area contributed by atoms with Gasteiger partial charge in [0.25, 0.3) is 5.91 Å². The van der Waals surface area contributed by atoms with Gasteiger partial charge in [0, 0.05) is 16.6 Å². The summed E-state index contributed by atoms with van der Waals surface area (Å²) in [4.78, 5) is 18.0. The van der Waals surface area contributed by atoms with E-state index in [1.165, 1.54) is 18.2 Å². The van der Waals surface area contributed by atoms with Crippen LogP contribution in [0.5, 0.6) is 5.75 Å². The minimum Gasteiger partial charge on any atom is -0.497 e. The molecule has 0 fully saturated rings. The number of rotatable bonds is 4. The van der Waals surface area contributed by atoms with E-state index in [-0.39, 0.29) is 10.9 Å². The molecule has 4 nitrogen and oxygen atoms in total. The van der Waals surface area contributed by atoms with Crippen LogP contribution in [0.4, 0.5) is 10.1 Å². The van der Waals surface area contributed by atoms with E-state index in [0.717, 1.165) is 22.3 Å². The lowest BCUT2D eigenvalue weighted by Crippen LogP contribution is -2.15. The number of amides is 1. The third kappa shape index (κ3) is 3.72. The fourth-order valence-corrected chi connectivity index (χ4v) is 3.58. The lowest BCUT2D eigenvalue weighted by Gasteiger charge is -2.15. The average Bonchev–Trinajstić information content (AvgIpc) is 2.76. The normalized spacial score (nSPS) is 10.8. The fourth-order valence-electron chi connectivity index (χ4n) is 3.40. The Bertz CT molecular complexity index is 1260. The molecule has 1 N–H and O–H groups in total. The van der Waals surface area contributed by atoms with Crippen LogP contribution in [0.15, 0.2) is 66.7 Å². The van der Waals surface area contributed by atoms with E-state index in [4.69, 9.17) is 21.3 Å². The van der Waals surface area contributed by atoms with Gasteiger partial charge in [-0.3, -0.25) is 4.79 Å². The molecule has 0 bridgehead atoms. The summed E-state index contributed by atoms with van der Waals surface area (Å²) < 4.78 is 18.7. The molecule has 1 aromatic heterocycles. The van der Waals surface area contributed by atoms with Gasteiger partial charge in [-0.2, -0.15) is 0 Å². The van der Waals surface area contributed by atoms with Crippen LogP contribution in [0.2, 0.25) is 5.02 Å². The number of carbonyl (C=O) groups excluding carboxylic acids is 1. The molecule has 0 radical (unpaired) electrons. The summed E-state index contributed by atoms with van der Waals surface area (Å²) >= 11 is 5.85. The van der Waals surface area contributed by atoms with E-state index in [1.807, 2.05) is 55.5 Å². The molecule has 0 aliphatic heterocycles. The standard InChI is InChI=1S/C24H18ClFN2O2/c1-14-22(24(29)27-16-9-12-20(26)19(25)13-16)18-5-3-4-6-21(18)28-23(14)15-7-10-17(30-2)11-8-15/h3-13H,1-2H3,(H,27,29). The van der Waals surface area contributed by atoms with Crippen LogP contribution in [-0.4, -0.2) is 18.0 Å². The molecule has 0 aliphatic rings. The first-order valence-corrected chi connectivity index (χ1v) is 9.66. The number of hydrogen-bond donors (Lipinski definition) is 1. The Kier molecular flexibility index (Phi) is 5.38. The SMILES string of the molecule is COc1ccc(-c2nc3ccccc3c(C(=O)Nc3ccc(F)c(Cl)c3)c2C)cc1. The van der Waals surface area contributed by atoms with Gasteiger partial charge in [-0.15, -0.1) is 0 Å². The fraction of sp³-hybridized carbons (Fsp3) is 0.0833. The molecule has 0 saturated carbocycles. The topological polar surface area (TPSA) is 51.2 Å². The molecular formula is C24H18ClFN2O2. The number of ether oxygens (including phenoxy) is 1. The van der Waals surface area contributed by atoms with Crippen molar-refractivity contribution in [2.75, 3.05) is 12.4 Å². The lowest BCUT2D eigenvalue weighted by atomic mass is 9.97. The van der Waals surface area contributed by atoms with E-state index in [9.17, 15) is 9.18 Å². The minimum absolute atomic E-state index is 0.0527. The van der Waals surface area contributed by atoms with Crippen molar-refractivity contribution in [3.8, 4) is 17.0 Å². The number of hydrogen-bond acceptors (Lipinski definition) is 3. The number of carbonyl (C=O) groups is 1. The summed E-state index contributed by atoms with van der Waals surface area (Å²) in [6.45, 7) is 1.87. The quantitative estimate of drug-likeness (QED) is 0.423. The van der Waals surface area contributed by atoms with Crippen molar-refractivity contribution in [3.05, 3.63) is 88.7 Å². The molecule has 4 rings (SSSR count). The summed E-state index contributed by atoms with van der Waals surface area (Å²) in [7, 11) is 1.61. The maximum Gasteiger partial charge on any atom is 0.256 e. The summed E-state index contributed by atoms with van der Waals surface area (Å²) in [6.07, 6.45) is 0. The second kappa shape index (κ2) is 8.13. The molecule has 0 unspecified atom stereocenters. The Labute approximate surface area is 178 Å². The minimum atomic E-state index is -0.540. The highest BCUT2D eigenvalue weighted by atomic mass is 35.5. The molecule has 6 heteroatoms. The van der Waals surface area contributed by atoms with Gasteiger partial charge in [0.15, 0.2) is 0 Å². The van der Waals surface area contributed by atoms with E-state index >= 15 is 0 Å². The summed E-state index contributed by atoms with van der Waals surface area (Å²) in [5, 5.41) is 3.50. The van der Waals surface area contributed by atoms with Crippen molar-refractivity contribution in [2.24, 2.45) is 0 Å². The number of nitrogens with one attached hydrogen (secondary N) is 1. The second-order valence-corrected chi connectivity index (χ2v) is 7.20. The van der Waals surface area contributed by atoms with Crippen molar-refractivity contribution in [1.29, 1.82) is 0 Å². The molecule has 0 saturated heterocycles. The highest BCUT2D eigenvalue weighted by molar-refractivity contribution is 6.31. The number of halogens is 2. The third-order valence-electron chi connectivity index (χ3n) is 4.90. The molecule has 0 atom stereocenters. The average molecular weight is 421 g/mol. The van der Waals surface area contributed by atoms with Gasteiger partial charge in [-0.25, -0.2) is 9.37 Å². The van der Waals surface area contributed by atoms with Gasteiger partial charge >= 0.3 is 0 Å². The monoisotopic (exact) mass is 420 g/mol. The van der Waals surface area contributed by atoms with Crippen LogP contribution in [0.1, 0.15) is 15.9 Å². The van der Waals surface area contributed by atoms with Crippen molar-refractivity contribution in [3.63, 3.8) is 0 Å². The van der Waals surface area contributed by atoms with Crippen LogP contribution in [-0.2, 0) is 0 Å². The van der Waals surface area contributed by atoms with Crippen LogP contribution in [0.25, 0.3) is 22.2 Å². The summed E-state index contributed by atoms with van der Waals surface area (Å²) in [5.74, 6) is -0.117.